The second-order valence-electron chi connectivity index (χ2n) is 9.22. The highest BCUT2D eigenvalue weighted by Gasteiger charge is 2.26. The number of nitrogens with zero attached hydrogens (tertiary/aromatic N) is 4. The predicted octanol–water partition coefficient (Wildman–Crippen LogP) is 3.25. The number of nitriles is 1. The van der Waals surface area contributed by atoms with Crippen molar-refractivity contribution in [1.82, 2.24) is 9.55 Å². The number of aliphatic hydroxyl groups is 1. The highest BCUT2D eigenvalue weighted by atomic mass is 16.3. The van der Waals surface area contributed by atoms with Gasteiger partial charge in [0.25, 0.3) is 5.56 Å². The Morgan fingerprint density at radius 2 is 1.65 bits per heavy atom. The summed E-state index contributed by atoms with van der Waals surface area (Å²) in [5, 5.41) is 19.1. The molecule has 7 heteroatoms. The Morgan fingerprint density at radius 3 is 2.24 bits per heavy atom. The number of aliphatic hydroxyl groups excluding tert-OH is 1. The van der Waals surface area contributed by atoms with Gasteiger partial charge in [-0.05, 0) is 49.3 Å². The van der Waals surface area contributed by atoms with Crippen LogP contribution in [0.1, 0.15) is 42.7 Å². The van der Waals surface area contributed by atoms with E-state index in [-0.39, 0.29) is 24.8 Å². The molecule has 2 fully saturated rings. The summed E-state index contributed by atoms with van der Waals surface area (Å²) in [6.07, 6.45) is 4.05. The van der Waals surface area contributed by atoms with Crippen LogP contribution in [0.25, 0.3) is 22.5 Å². The lowest BCUT2D eigenvalue weighted by atomic mass is 10.00. The number of hydrogen-bond donors (Lipinski definition) is 2. The Morgan fingerprint density at radius 1 is 1.00 bits per heavy atom. The normalized spacial score (nSPS) is 16.4. The van der Waals surface area contributed by atoms with Crippen molar-refractivity contribution in [2.24, 2.45) is 5.73 Å². The third-order valence-electron chi connectivity index (χ3n) is 6.83. The van der Waals surface area contributed by atoms with Gasteiger partial charge in [0, 0.05) is 36.8 Å². The van der Waals surface area contributed by atoms with Gasteiger partial charge in [-0.2, -0.15) is 5.26 Å². The summed E-state index contributed by atoms with van der Waals surface area (Å²) in [7, 11) is 0. The highest BCUT2D eigenvalue weighted by Crippen LogP contribution is 2.41. The summed E-state index contributed by atoms with van der Waals surface area (Å²) in [6.45, 7) is 1.36. The zero-order valence-corrected chi connectivity index (χ0v) is 19.2. The second-order valence-corrected chi connectivity index (χ2v) is 9.22. The van der Waals surface area contributed by atoms with E-state index in [9.17, 15) is 15.2 Å². The van der Waals surface area contributed by atoms with E-state index in [2.05, 4.69) is 18.2 Å². The lowest BCUT2D eigenvalue weighted by Gasteiger charge is -2.31. The maximum Gasteiger partial charge on any atom is 0.294 e. The molecule has 34 heavy (non-hydrogen) atoms. The predicted molar refractivity (Wildman–Crippen MR) is 133 cm³/mol. The molecule has 0 radical (unpaired) electrons. The molecule has 0 amide bonds. The van der Waals surface area contributed by atoms with Crippen molar-refractivity contribution in [1.29, 1.82) is 5.26 Å². The number of rotatable bonds is 6. The molecule has 1 aliphatic carbocycles. The molecular formula is C27H29N5O2. The van der Waals surface area contributed by atoms with Crippen molar-refractivity contribution >= 4 is 5.82 Å². The molecule has 7 nitrogen and oxygen atoms in total. The van der Waals surface area contributed by atoms with Crippen LogP contribution in [0.15, 0.2) is 53.3 Å². The molecule has 5 rings (SSSR count). The van der Waals surface area contributed by atoms with Crippen LogP contribution >= 0.6 is 0 Å². The smallest absolute Gasteiger partial charge is 0.294 e. The van der Waals surface area contributed by atoms with Crippen molar-refractivity contribution in [2.75, 3.05) is 24.6 Å². The fourth-order valence-corrected chi connectivity index (χ4v) is 4.71. The van der Waals surface area contributed by atoms with Gasteiger partial charge in [0.05, 0.1) is 29.6 Å². The minimum atomic E-state index is -0.205. The van der Waals surface area contributed by atoms with Gasteiger partial charge in [-0.15, -0.1) is 0 Å². The van der Waals surface area contributed by atoms with Crippen LogP contribution in [0.3, 0.4) is 0 Å². The van der Waals surface area contributed by atoms with Gasteiger partial charge in [-0.25, -0.2) is 4.98 Å². The summed E-state index contributed by atoms with van der Waals surface area (Å²) in [5.74, 6) is 1.02. The number of nitrogens with two attached hydrogens (primary N) is 1. The minimum absolute atomic E-state index is 0.137. The minimum Gasteiger partial charge on any atom is -0.395 e. The summed E-state index contributed by atoms with van der Waals surface area (Å²) in [5.41, 5.74) is 10.8. The van der Waals surface area contributed by atoms with Crippen LogP contribution in [-0.4, -0.2) is 40.4 Å². The fraction of sp³-hybridized carbons (Fsp3) is 0.370. The first-order valence-corrected chi connectivity index (χ1v) is 12.0. The Balaban J connectivity index is 1.70. The molecule has 1 saturated heterocycles. The summed E-state index contributed by atoms with van der Waals surface area (Å²) in [6, 6.07) is 17.9. The van der Waals surface area contributed by atoms with Crippen molar-refractivity contribution in [3.63, 3.8) is 0 Å². The fourth-order valence-electron chi connectivity index (χ4n) is 4.71. The van der Waals surface area contributed by atoms with E-state index < -0.39 is 0 Å². The largest absolute Gasteiger partial charge is 0.395 e. The van der Waals surface area contributed by atoms with Crippen LogP contribution in [-0.2, 0) is 6.54 Å². The number of aromatic nitrogens is 2. The van der Waals surface area contributed by atoms with Gasteiger partial charge >= 0.3 is 0 Å². The first-order chi connectivity index (χ1) is 16.6. The third kappa shape index (κ3) is 4.35. The number of anilines is 1. The Labute approximate surface area is 199 Å². The number of piperidine rings is 1. The summed E-state index contributed by atoms with van der Waals surface area (Å²) in [4.78, 5) is 20.6. The third-order valence-corrected chi connectivity index (χ3v) is 6.83. The van der Waals surface area contributed by atoms with Crippen molar-refractivity contribution < 1.29 is 5.11 Å². The van der Waals surface area contributed by atoms with Crippen molar-refractivity contribution in [2.45, 2.75) is 44.2 Å². The molecule has 0 bridgehead atoms. The van der Waals surface area contributed by atoms with E-state index in [1.165, 1.54) is 18.4 Å². The van der Waals surface area contributed by atoms with E-state index in [1.807, 2.05) is 29.2 Å². The molecule has 2 heterocycles. The van der Waals surface area contributed by atoms with Gasteiger partial charge in [-0.3, -0.25) is 4.79 Å². The molecule has 1 aliphatic heterocycles. The molecule has 1 aromatic heterocycles. The second kappa shape index (κ2) is 9.41. The van der Waals surface area contributed by atoms with Crippen LogP contribution in [0.2, 0.25) is 0 Å². The highest BCUT2D eigenvalue weighted by molar-refractivity contribution is 5.80. The van der Waals surface area contributed by atoms with Crippen LogP contribution < -0.4 is 16.2 Å². The van der Waals surface area contributed by atoms with E-state index in [0.717, 1.165) is 24.0 Å². The zero-order chi connectivity index (χ0) is 23.7. The Hall–Kier alpha value is -3.47. The molecule has 2 aromatic carbocycles. The lowest BCUT2D eigenvalue weighted by Crippen LogP contribution is -2.43. The number of hydrogen-bond acceptors (Lipinski definition) is 6. The van der Waals surface area contributed by atoms with Crippen molar-refractivity contribution in [3.8, 4) is 28.6 Å². The maximum atomic E-state index is 13.7. The topological polar surface area (TPSA) is 108 Å². The molecule has 3 aromatic rings. The molecule has 0 spiro atoms. The van der Waals surface area contributed by atoms with E-state index >= 15 is 0 Å². The lowest BCUT2D eigenvalue weighted by molar-refractivity contribution is 0.275. The molecular weight excluding hydrogens is 426 g/mol. The SMILES string of the molecule is N#Cc1ccc(-c2nc(N3CCC(N)CC3)c(=O)n(CCO)c2-c2ccc(C3CC3)cc2)cc1. The quantitative estimate of drug-likeness (QED) is 0.591. The molecule has 3 N–H and O–H groups in total. The van der Waals surface area contributed by atoms with E-state index in [0.29, 0.717) is 41.8 Å². The maximum absolute atomic E-state index is 13.7. The average molecular weight is 456 g/mol. The Bertz CT molecular complexity index is 1260. The van der Waals surface area contributed by atoms with Crippen LogP contribution in [0.4, 0.5) is 5.82 Å². The van der Waals surface area contributed by atoms with Gasteiger partial charge in [-0.1, -0.05) is 36.4 Å². The van der Waals surface area contributed by atoms with Gasteiger partial charge in [0.1, 0.15) is 0 Å². The molecule has 174 valence electrons. The molecule has 2 aliphatic rings. The van der Waals surface area contributed by atoms with E-state index in [1.54, 1.807) is 16.7 Å². The standard InChI is InChI=1S/C27H29N5O2/c28-17-18-1-3-21(4-2-18)24-25(22-9-7-20(8-10-22)19-5-6-19)32(15-16-33)27(34)26(30-24)31-13-11-23(29)12-14-31/h1-4,7-10,19,23,33H,5-6,11-16,29H2. The molecule has 1 saturated carbocycles. The zero-order valence-electron chi connectivity index (χ0n) is 19.2. The first kappa shape index (κ1) is 22.3. The summed E-state index contributed by atoms with van der Waals surface area (Å²) >= 11 is 0. The summed E-state index contributed by atoms with van der Waals surface area (Å²) < 4.78 is 1.65. The average Bonchev–Trinajstić information content (AvgIpc) is 3.72. The monoisotopic (exact) mass is 455 g/mol. The molecule has 0 atom stereocenters. The molecule has 0 unspecified atom stereocenters. The van der Waals surface area contributed by atoms with E-state index in [4.69, 9.17) is 10.7 Å². The van der Waals surface area contributed by atoms with Gasteiger partial charge < -0.3 is 20.3 Å². The first-order valence-electron chi connectivity index (χ1n) is 12.0. The van der Waals surface area contributed by atoms with Gasteiger partial charge in [0.15, 0.2) is 5.82 Å². The number of benzene rings is 2. The van der Waals surface area contributed by atoms with Crippen LogP contribution in [0.5, 0.6) is 0 Å². The van der Waals surface area contributed by atoms with Crippen LogP contribution in [0, 0.1) is 11.3 Å². The Kier molecular flexibility index (Phi) is 6.18. The van der Waals surface area contributed by atoms with Crippen molar-refractivity contribution in [3.05, 3.63) is 70.0 Å². The van der Waals surface area contributed by atoms with Gasteiger partial charge in [0.2, 0.25) is 0 Å².